The first-order chi connectivity index (χ1) is 10.2. The Labute approximate surface area is 121 Å². The molecule has 0 heterocycles. The summed E-state index contributed by atoms with van der Waals surface area (Å²) in [5.41, 5.74) is 1.53. The van der Waals surface area contributed by atoms with E-state index in [1.54, 1.807) is 6.07 Å². The number of fused-ring (bicyclic) bond motifs is 1. The predicted molar refractivity (Wildman–Crippen MR) is 81.4 cm³/mol. The van der Waals surface area contributed by atoms with E-state index in [0.29, 0.717) is 10.9 Å². The van der Waals surface area contributed by atoms with Crippen molar-refractivity contribution in [2.24, 2.45) is 0 Å². The van der Waals surface area contributed by atoms with Gasteiger partial charge in [-0.05, 0) is 17.0 Å². The molecule has 0 radical (unpaired) electrons. The molecule has 0 fully saturated rings. The SMILES string of the molecule is O=CO.Oc1c(-c2ccccc2)cc2ccccc2c1O. The highest BCUT2D eigenvalue weighted by molar-refractivity contribution is 5.96. The van der Waals surface area contributed by atoms with Crippen molar-refractivity contribution >= 4 is 17.2 Å². The van der Waals surface area contributed by atoms with E-state index < -0.39 is 0 Å². The van der Waals surface area contributed by atoms with Gasteiger partial charge in [-0.25, -0.2) is 0 Å². The fraction of sp³-hybridized carbons (Fsp3) is 0. The Morgan fingerprint density at radius 2 is 1.38 bits per heavy atom. The molecule has 0 saturated heterocycles. The average molecular weight is 282 g/mol. The molecular weight excluding hydrogens is 268 g/mol. The molecule has 3 rings (SSSR count). The van der Waals surface area contributed by atoms with Gasteiger partial charge in [0.05, 0.1) is 0 Å². The summed E-state index contributed by atoms with van der Waals surface area (Å²) in [7, 11) is 0. The molecule has 0 aliphatic rings. The van der Waals surface area contributed by atoms with Gasteiger partial charge in [0.1, 0.15) is 0 Å². The molecule has 106 valence electrons. The molecule has 0 spiro atoms. The van der Waals surface area contributed by atoms with Crippen LogP contribution in [0.3, 0.4) is 0 Å². The number of aromatic hydroxyl groups is 2. The van der Waals surface area contributed by atoms with Gasteiger partial charge < -0.3 is 15.3 Å². The summed E-state index contributed by atoms with van der Waals surface area (Å²) in [6, 6.07) is 18.9. The van der Waals surface area contributed by atoms with E-state index in [-0.39, 0.29) is 18.0 Å². The highest BCUT2D eigenvalue weighted by Crippen LogP contribution is 2.41. The lowest BCUT2D eigenvalue weighted by Gasteiger charge is -2.09. The Balaban J connectivity index is 0.000000497. The fourth-order valence-electron chi connectivity index (χ4n) is 2.16. The van der Waals surface area contributed by atoms with Gasteiger partial charge in [0.15, 0.2) is 11.5 Å². The van der Waals surface area contributed by atoms with Gasteiger partial charge in [-0.15, -0.1) is 0 Å². The number of carbonyl (C=O) groups is 1. The molecule has 0 bridgehead atoms. The second-order valence-corrected chi connectivity index (χ2v) is 4.31. The maximum atomic E-state index is 10.1. The number of hydrogen-bond acceptors (Lipinski definition) is 3. The summed E-state index contributed by atoms with van der Waals surface area (Å²) in [5, 5.41) is 28.6. The van der Waals surface area contributed by atoms with Crippen LogP contribution < -0.4 is 0 Å². The van der Waals surface area contributed by atoms with Crippen LogP contribution in [-0.2, 0) is 4.79 Å². The van der Waals surface area contributed by atoms with Crippen molar-refractivity contribution in [1.29, 1.82) is 0 Å². The van der Waals surface area contributed by atoms with Crippen molar-refractivity contribution in [1.82, 2.24) is 0 Å². The summed E-state index contributed by atoms with van der Waals surface area (Å²) >= 11 is 0. The van der Waals surface area contributed by atoms with Crippen molar-refractivity contribution in [2.45, 2.75) is 0 Å². The minimum Gasteiger partial charge on any atom is -0.504 e. The van der Waals surface area contributed by atoms with Crippen LogP contribution in [0.5, 0.6) is 11.5 Å². The van der Waals surface area contributed by atoms with Crippen LogP contribution >= 0.6 is 0 Å². The van der Waals surface area contributed by atoms with Crippen LogP contribution in [-0.4, -0.2) is 21.8 Å². The molecule has 3 N–H and O–H groups in total. The van der Waals surface area contributed by atoms with Crippen LogP contribution in [0.15, 0.2) is 60.7 Å². The van der Waals surface area contributed by atoms with Crippen LogP contribution in [0.4, 0.5) is 0 Å². The maximum Gasteiger partial charge on any atom is 0.290 e. The molecule has 0 saturated carbocycles. The summed E-state index contributed by atoms with van der Waals surface area (Å²) in [5.74, 6) is -0.133. The van der Waals surface area contributed by atoms with Gasteiger partial charge in [0.2, 0.25) is 0 Å². The van der Waals surface area contributed by atoms with E-state index >= 15 is 0 Å². The van der Waals surface area contributed by atoms with Crippen LogP contribution in [0, 0.1) is 0 Å². The number of hydrogen-bond donors (Lipinski definition) is 3. The lowest BCUT2D eigenvalue weighted by Crippen LogP contribution is -1.82. The van der Waals surface area contributed by atoms with Crippen LogP contribution in [0.1, 0.15) is 0 Å². The molecule has 21 heavy (non-hydrogen) atoms. The van der Waals surface area contributed by atoms with Gasteiger partial charge in [-0.2, -0.15) is 0 Å². The largest absolute Gasteiger partial charge is 0.504 e. The number of carboxylic acid groups (broad SMARTS) is 1. The van der Waals surface area contributed by atoms with Crippen LogP contribution in [0.2, 0.25) is 0 Å². The van der Waals surface area contributed by atoms with E-state index in [9.17, 15) is 10.2 Å². The fourth-order valence-corrected chi connectivity index (χ4v) is 2.16. The zero-order valence-electron chi connectivity index (χ0n) is 11.1. The van der Waals surface area contributed by atoms with Gasteiger partial charge in [0.25, 0.3) is 6.47 Å². The first-order valence-electron chi connectivity index (χ1n) is 6.26. The molecule has 4 nitrogen and oxygen atoms in total. The maximum absolute atomic E-state index is 10.1. The first-order valence-corrected chi connectivity index (χ1v) is 6.26. The van der Waals surface area contributed by atoms with E-state index in [1.807, 2.05) is 54.6 Å². The topological polar surface area (TPSA) is 77.8 Å². The summed E-state index contributed by atoms with van der Waals surface area (Å²) in [6.45, 7) is -0.250. The molecule has 3 aromatic carbocycles. The summed E-state index contributed by atoms with van der Waals surface area (Å²) in [4.78, 5) is 8.36. The lowest BCUT2D eigenvalue weighted by atomic mass is 9.99. The molecule has 0 aromatic heterocycles. The Morgan fingerprint density at radius 1 is 0.810 bits per heavy atom. The predicted octanol–water partition coefficient (Wildman–Crippen LogP) is 3.62. The smallest absolute Gasteiger partial charge is 0.290 e. The molecule has 0 aliphatic carbocycles. The first kappa shape index (κ1) is 14.4. The number of benzene rings is 3. The summed E-state index contributed by atoms with van der Waals surface area (Å²) < 4.78 is 0. The Bertz CT molecular complexity index is 751. The average Bonchev–Trinajstić information content (AvgIpc) is 2.52. The quantitative estimate of drug-likeness (QED) is 0.470. The van der Waals surface area contributed by atoms with E-state index in [4.69, 9.17) is 9.90 Å². The van der Waals surface area contributed by atoms with Gasteiger partial charge in [-0.3, -0.25) is 4.79 Å². The van der Waals surface area contributed by atoms with Gasteiger partial charge in [-0.1, -0.05) is 54.6 Å². The Morgan fingerprint density at radius 3 is 2.05 bits per heavy atom. The zero-order valence-corrected chi connectivity index (χ0v) is 11.1. The monoisotopic (exact) mass is 282 g/mol. The van der Waals surface area contributed by atoms with Crippen molar-refractivity contribution in [2.75, 3.05) is 0 Å². The highest BCUT2D eigenvalue weighted by Gasteiger charge is 2.12. The van der Waals surface area contributed by atoms with Crippen molar-refractivity contribution in [3.8, 4) is 22.6 Å². The van der Waals surface area contributed by atoms with Gasteiger partial charge in [0, 0.05) is 10.9 Å². The third-order valence-electron chi connectivity index (χ3n) is 3.08. The van der Waals surface area contributed by atoms with Crippen molar-refractivity contribution in [3.05, 3.63) is 60.7 Å². The van der Waals surface area contributed by atoms with E-state index in [1.165, 1.54) is 0 Å². The second kappa shape index (κ2) is 6.43. The molecule has 0 aliphatic heterocycles. The molecule has 0 amide bonds. The molecule has 4 heteroatoms. The number of phenols is 2. The zero-order chi connectivity index (χ0) is 15.2. The third-order valence-corrected chi connectivity index (χ3v) is 3.08. The minimum atomic E-state index is -0.250. The van der Waals surface area contributed by atoms with Crippen molar-refractivity contribution < 1.29 is 20.1 Å². The summed E-state index contributed by atoms with van der Waals surface area (Å²) in [6.07, 6.45) is 0. The lowest BCUT2D eigenvalue weighted by molar-refractivity contribution is -0.122. The Hall–Kier alpha value is -3.01. The Kier molecular flexibility index (Phi) is 4.41. The van der Waals surface area contributed by atoms with Crippen molar-refractivity contribution in [3.63, 3.8) is 0 Å². The normalized spacial score (nSPS) is 9.71. The van der Waals surface area contributed by atoms with Crippen LogP contribution in [0.25, 0.3) is 21.9 Å². The molecule has 0 atom stereocenters. The standard InChI is InChI=1S/C16H12O2.CH2O2/c17-15-13-9-5-4-8-12(13)10-14(16(15)18)11-6-2-1-3-7-11;2-1-3/h1-10,17-18H;1H,(H,2,3). The highest BCUT2D eigenvalue weighted by atomic mass is 16.3. The minimum absolute atomic E-state index is 0.0630. The molecule has 0 unspecified atom stereocenters. The van der Waals surface area contributed by atoms with E-state index in [2.05, 4.69) is 0 Å². The number of rotatable bonds is 1. The van der Waals surface area contributed by atoms with Gasteiger partial charge >= 0.3 is 0 Å². The second-order valence-electron chi connectivity index (χ2n) is 4.31. The molecule has 3 aromatic rings. The third kappa shape index (κ3) is 2.95. The molecular formula is C17H14O4. The van der Waals surface area contributed by atoms with E-state index in [0.717, 1.165) is 10.9 Å². The number of phenolic OH excluding ortho intramolecular Hbond substituents is 2.